The number of sulfonamides is 1. The first-order valence-corrected chi connectivity index (χ1v) is 8.26. The number of carboxylic acid groups (broad SMARTS) is 1. The molecule has 0 aliphatic carbocycles. The molecule has 2 aromatic carbocycles. The SMILES string of the molecule is Cc1ccc(S(=O)(=O)NC(=NCC(=O)[O-])c2ccccc2)cc1. The van der Waals surface area contributed by atoms with Gasteiger partial charge in [0.2, 0.25) is 0 Å². The summed E-state index contributed by atoms with van der Waals surface area (Å²) < 4.78 is 27.2. The van der Waals surface area contributed by atoms with Gasteiger partial charge in [-0.3, -0.25) is 9.71 Å². The summed E-state index contributed by atoms with van der Waals surface area (Å²) in [5.74, 6) is -1.44. The maximum Gasteiger partial charge on any atom is 0.263 e. The largest absolute Gasteiger partial charge is 0.548 e. The predicted molar refractivity (Wildman–Crippen MR) is 84.4 cm³/mol. The summed E-state index contributed by atoms with van der Waals surface area (Å²) in [6, 6.07) is 14.7. The molecule has 0 fully saturated rings. The van der Waals surface area contributed by atoms with E-state index in [1.807, 2.05) is 6.92 Å². The first-order chi connectivity index (χ1) is 10.9. The molecule has 0 aliphatic heterocycles. The van der Waals surface area contributed by atoms with Gasteiger partial charge in [0.1, 0.15) is 5.84 Å². The van der Waals surface area contributed by atoms with Crippen LogP contribution in [0.4, 0.5) is 0 Å². The van der Waals surface area contributed by atoms with Crippen molar-refractivity contribution in [2.45, 2.75) is 11.8 Å². The molecule has 7 heteroatoms. The van der Waals surface area contributed by atoms with Crippen molar-refractivity contribution in [3.05, 3.63) is 65.7 Å². The van der Waals surface area contributed by atoms with Gasteiger partial charge in [0.05, 0.1) is 17.4 Å². The Morgan fingerprint density at radius 2 is 1.70 bits per heavy atom. The van der Waals surface area contributed by atoms with Crippen LogP contribution in [0.2, 0.25) is 0 Å². The van der Waals surface area contributed by atoms with Crippen molar-refractivity contribution >= 4 is 21.8 Å². The Hall–Kier alpha value is -2.67. The minimum absolute atomic E-state index is 0.0459. The van der Waals surface area contributed by atoms with Crippen LogP contribution in [-0.4, -0.2) is 26.8 Å². The molecule has 0 amide bonds. The highest BCUT2D eigenvalue weighted by Gasteiger charge is 2.17. The fraction of sp³-hybridized carbons (Fsp3) is 0.125. The van der Waals surface area contributed by atoms with Gasteiger partial charge in [-0.1, -0.05) is 48.0 Å². The Labute approximate surface area is 134 Å². The number of hydrogen-bond acceptors (Lipinski definition) is 5. The number of aliphatic carboxylic acids is 1. The van der Waals surface area contributed by atoms with Gasteiger partial charge in [0, 0.05) is 5.56 Å². The molecule has 0 bridgehead atoms. The zero-order chi connectivity index (χ0) is 16.9. The predicted octanol–water partition coefficient (Wildman–Crippen LogP) is 0.470. The molecule has 0 spiro atoms. The van der Waals surface area contributed by atoms with E-state index in [1.54, 1.807) is 42.5 Å². The standard InChI is InChI=1S/C16H16N2O4S/c1-12-7-9-14(10-8-12)23(21,22)18-16(17-11-15(19)20)13-5-3-2-4-6-13/h2-10H,11H2,1H3,(H,17,18)(H,19,20)/p-1. The zero-order valence-corrected chi connectivity index (χ0v) is 13.2. The molecule has 0 heterocycles. The summed E-state index contributed by atoms with van der Waals surface area (Å²) in [4.78, 5) is 14.5. The van der Waals surface area contributed by atoms with E-state index in [9.17, 15) is 18.3 Å². The van der Waals surface area contributed by atoms with Gasteiger partial charge in [-0.15, -0.1) is 0 Å². The smallest absolute Gasteiger partial charge is 0.263 e. The van der Waals surface area contributed by atoms with Crippen molar-refractivity contribution in [3.63, 3.8) is 0 Å². The monoisotopic (exact) mass is 331 g/mol. The minimum atomic E-state index is -3.87. The molecule has 23 heavy (non-hydrogen) atoms. The number of amidine groups is 1. The molecule has 2 aromatic rings. The van der Waals surface area contributed by atoms with Crippen LogP contribution in [-0.2, 0) is 14.8 Å². The minimum Gasteiger partial charge on any atom is -0.548 e. The fourth-order valence-electron chi connectivity index (χ4n) is 1.83. The van der Waals surface area contributed by atoms with Gasteiger partial charge in [0.25, 0.3) is 10.0 Å². The highest BCUT2D eigenvalue weighted by Crippen LogP contribution is 2.11. The number of hydrogen-bond donors (Lipinski definition) is 1. The second kappa shape index (κ2) is 7.06. The topological polar surface area (TPSA) is 98.7 Å². The first-order valence-electron chi connectivity index (χ1n) is 6.78. The van der Waals surface area contributed by atoms with Crippen LogP contribution < -0.4 is 9.83 Å². The lowest BCUT2D eigenvalue weighted by Gasteiger charge is -2.12. The van der Waals surface area contributed by atoms with Crippen LogP contribution in [0, 0.1) is 6.92 Å². The number of aliphatic imine (C=N–C) groups is 1. The van der Waals surface area contributed by atoms with Gasteiger partial charge in [-0.25, -0.2) is 8.42 Å². The number of nitrogens with one attached hydrogen (secondary N) is 1. The van der Waals surface area contributed by atoms with Crippen molar-refractivity contribution < 1.29 is 18.3 Å². The van der Waals surface area contributed by atoms with Gasteiger partial charge in [0.15, 0.2) is 0 Å². The molecular weight excluding hydrogens is 316 g/mol. The summed E-state index contributed by atoms with van der Waals surface area (Å²) in [7, 11) is -3.87. The number of carbonyl (C=O) groups is 1. The van der Waals surface area contributed by atoms with E-state index in [4.69, 9.17) is 0 Å². The average Bonchev–Trinajstić information content (AvgIpc) is 2.52. The Balaban J connectivity index is 2.35. The third-order valence-electron chi connectivity index (χ3n) is 2.98. The summed E-state index contributed by atoms with van der Waals surface area (Å²) >= 11 is 0. The Morgan fingerprint density at radius 1 is 1.09 bits per heavy atom. The van der Waals surface area contributed by atoms with Crippen LogP contribution in [0.1, 0.15) is 11.1 Å². The van der Waals surface area contributed by atoms with Crippen LogP contribution in [0.3, 0.4) is 0 Å². The molecule has 2 rings (SSSR count). The highest BCUT2D eigenvalue weighted by atomic mass is 32.2. The van der Waals surface area contributed by atoms with Gasteiger partial charge >= 0.3 is 0 Å². The van der Waals surface area contributed by atoms with E-state index < -0.39 is 22.5 Å². The highest BCUT2D eigenvalue weighted by molar-refractivity contribution is 7.90. The van der Waals surface area contributed by atoms with Gasteiger partial charge in [-0.05, 0) is 19.1 Å². The molecule has 0 saturated carbocycles. The first kappa shape index (κ1) is 16.7. The van der Waals surface area contributed by atoms with Crippen molar-refractivity contribution in [3.8, 4) is 0 Å². The van der Waals surface area contributed by atoms with Gasteiger partial charge < -0.3 is 9.90 Å². The van der Waals surface area contributed by atoms with E-state index in [1.165, 1.54) is 12.1 Å². The molecule has 120 valence electrons. The maximum absolute atomic E-state index is 12.4. The third kappa shape index (κ3) is 4.65. The van der Waals surface area contributed by atoms with E-state index in [-0.39, 0.29) is 10.7 Å². The van der Waals surface area contributed by atoms with E-state index in [0.717, 1.165) is 5.56 Å². The Morgan fingerprint density at radius 3 is 2.26 bits per heavy atom. The number of benzene rings is 2. The molecule has 0 unspecified atom stereocenters. The van der Waals surface area contributed by atoms with Crippen LogP contribution >= 0.6 is 0 Å². The second-order valence-electron chi connectivity index (χ2n) is 4.82. The molecule has 0 saturated heterocycles. The summed E-state index contributed by atoms with van der Waals surface area (Å²) in [6.07, 6.45) is 0. The maximum atomic E-state index is 12.4. The van der Waals surface area contributed by atoms with E-state index in [0.29, 0.717) is 5.56 Å². The van der Waals surface area contributed by atoms with Crippen LogP contribution in [0.5, 0.6) is 0 Å². The van der Waals surface area contributed by atoms with Gasteiger partial charge in [-0.2, -0.15) is 0 Å². The van der Waals surface area contributed by atoms with Crippen LogP contribution in [0.25, 0.3) is 0 Å². The Bertz CT molecular complexity index is 813. The molecule has 1 N–H and O–H groups in total. The quantitative estimate of drug-likeness (QED) is 0.636. The number of nitrogens with zero attached hydrogens (tertiary/aromatic N) is 1. The van der Waals surface area contributed by atoms with E-state index in [2.05, 4.69) is 9.71 Å². The summed E-state index contributed by atoms with van der Waals surface area (Å²) in [5.41, 5.74) is 1.39. The number of rotatable bonds is 5. The lowest BCUT2D eigenvalue weighted by Crippen LogP contribution is -2.33. The summed E-state index contributed by atoms with van der Waals surface area (Å²) in [5, 5.41) is 10.6. The Kier molecular flexibility index (Phi) is 5.13. The summed E-state index contributed by atoms with van der Waals surface area (Å²) in [6.45, 7) is 1.21. The zero-order valence-electron chi connectivity index (χ0n) is 12.4. The number of aryl methyl sites for hydroxylation is 1. The normalized spacial score (nSPS) is 12.0. The molecule has 6 nitrogen and oxygen atoms in total. The van der Waals surface area contributed by atoms with E-state index >= 15 is 0 Å². The van der Waals surface area contributed by atoms with Crippen molar-refractivity contribution in [2.24, 2.45) is 4.99 Å². The molecule has 0 radical (unpaired) electrons. The molecule has 0 aromatic heterocycles. The molecule has 0 aliphatic rings. The lowest BCUT2D eigenvalue weighted by atomic mass is 10.2. The van der Waals surface area contributed by atoms with Crippen molar-refractivity contribution in [2.75, 3.05) is 6.54 Å². The van der Waals surface area contributed by atoms with Crippen molar-refractivity contribution in [1.82, 2.24) is 4.72 Å². The molecule has 0 atom stereocenters. The molecular formula is C16H15N2O4S-. The average molecular weight is 331 g/mol. The van der Waals surface area contributed by atoms with Crippen molar-refractivity contribution in [1.29, 1.82) is 0 Å². The number of carbonyl (C=O) groups excluding carboxylic acids is 1. The van der Waals surface area contributed by atoms with Crippen LogP contribution in [0.15, 0.2) is 64.5 Å². The third-order valence-corrected chi connectivity index (χ3v) is 4.33. The second-order valence-corrected chi connectivity index (χ2v) is 6.50. The fourth-order valence-corrected chi connectivity index (χ4v) is 2.87. The lowest BCUT2D eigenvalue weighted by molar-refractivity contribution is -0.303. The number of carboxylic acids is 1.